The van der Waals surface area contributed by atoms with Crippen LogP contribution in [0, 0.1) is 0 Å². The number of carbonyl (C=O) groups excluding carboxylic acids is 1. The standard InChI is InChI=1S/C26H22ClN3O6S/c1-3-15-13-19(27)21(14-23(15)37(33,34)35)29-30-24-17-9-5-4-8-16(17)12-18(25(24)31)26(32)28-20-10-6-7-11-22(20)36-2/h4-14,31H,3H2,1-2H3,(H,28,32)(H,33,34,35). The van der Waals surface area contributed by atoms with Gasteiger partial charge in [-0.2, -0.15) is 8.42 Å². The second-order valence-electron chi connectivity index (χ2n) is 7.94. The number of halogens is 1. The molecule has 0 heterocycles. The van der Waals surface area contributed by atoms with Crippen molar-refractivity contribution in [2.75, 3.05) is 12.4 Å². The van der Waals surface area contributed by atoms with E-state index >= 15 is 0 Å². The number of ether oxygens (including phenoxy) is 1. The third-order valence-electron chi connectivity index (χ3n) is 5.64. The highest BCUT2D eigenvalue weighted by atomic mass is 35.5. The lowest BCUT2D eigenvalue weighted by Gasteiger charge is -2.13. The molecule has 0 atom stereocenters. The van der Waals surface area contributed by atoms with Gasteiger partial charge in [-0.3, -0.25) is 9.35 Å². The van der Waals surface area contributed by atoms with Crippen molar-refractivity contribution in [1.29, 1.82) is 0 Å². The molecule has 3 N–H and O–H groups in total. The summed E-state index contributed by atoms with van der Waals surface area (Å²) in [5.74, 6) is -0.606. The Bertz CT molecular complexity index is 1650. The molecule has 0 bridgehead atoms. The van der Waals surface area contributed by atoms with Gasteiger partial charge in [0.15, 0.2) is 5.75 Å². The van der Waals surface area contributed by atoms with Gasteiger partial charge in [0.05, 0.1) is 28.3 Å². The highest BCUT2D eigenvalue weighted by Gasteiger charge is 2.21. The fourth-order valence-corrected chi connectivity index (χ4v) is 4.83. The number of rotatable bonds is 7. The first kappa shape index (κ1) is 26.1. The molecule has 4 aromatic rings. The van der Waals surface area contributed by atoms with Gasteiger partial charge in [-0.15, -0.1) is 10.2 Å². The van der Waals surface area contributed by atoms with Crippen LogP contribution in [0.4, 0.5) is 17.1 Å². The second-order valence-corrected chi connectivity index (χ2v) is 9.73. The number of nitrogens with zero attached hydrogens (tertiary/aromatic N) is 2. The molecule has 11 heteroatoms. The molecule has 0 aliphatic rings. The van der Waals surface area contributed by atoms with Crippen molar-refractivity contribution in [1.82, 2.24) is 0 Å². The summed E-state index contributed by atoms with van der Waals surface area (Å²) < 4.78 is 38.6. The normalized spacial score (nSPS) is 11.7. The van der Waals surface area contributed by atoms with Crippen LogP contribution in [0.3, 0.4) is 0 Å². The van der Waals surface area contributed by atoms with Crippen LogP contribution < -0.4 is 10.1 Å². The molecule has 0 unspecified atom stereocenters. The summed E-state index contributed by atoms with van der Waals surface area (Å²) in [6.07, 6.45) is 0.307. The zero-order valence-corrected chi connectivity index (χ0v) is 21.3. The van der Waals surface area contributed by atoms with Gasteiger partial charge < -0.3 is 15.2 Å². The van der Waals surface area contributed by atoms with Gasteiger partial charge >= 0.3 is 0 Å². The fourth-order valence-electron chi connectivity index (χ4n) is 3.81. The lowest BCUT2D eigenvalue weighted by molar-refractivity contribution is 0.102. The number of benzene rings is 4. The molecule has 0 saturated carbocycles. The van der Waals surface area contributed by atoms with Crippen LogP contribution in [0.15, 0.2) is 81.9 Å². The first-order valence-electron chi connectivity index (χ1n) is 11.0. The molecule has 0 saturated heterocycles. The number of amides is 1. The number of hydrogen-bond acceptors (Lipinski definition) is 7. The van der Waals surface area contributed by atoms with E-state index in [-0.39, 0.29) is 26.9 Å². The van der Waals surface area contributed by atoms with Crippen LogP contribution in [0.25, 0.3) is 10.8 Å². The fraction of sp³-hybridized carbons (Fsp3) is 0.115. The molecule has 37 heavy (non-hydrogen) atoms. The molecule has 0 radical (unpaired) electrons. The Morgan fingerprint density at radius 1 is 1.05 bits per heavy atom. The smallest absolute Gasteiger partial charge is 0.294 e. The maximum atomic E-state index is 13.1. The van der Waals surface area contributed by atoms with Gasteiger partial charge in [0.1, 0.15) is 17.1 Å². The zero-order chi connectivity index (χ0) is 26.7. The van der Waals surface area contributed by atoms with Crippen LogP contribution >= 0.6 is 11.6 Å². The first-order valence-corrected chi connectivity index (χ1v) is 12.9. The molecule has 4 rings (SSSR count). The summed E-state index contributed by atoms with van der Waals surface area (Å²) in [6.45, 7) is 1.72. The van der Waals surface area contributed by atoms with Crippen molar-refractivity contribution in [2.45, 2.75) is 18.2 Å². The van der Waals surface area contributed by atoms with E-state index in [2.05, 4.69) is 15.5 Å². The van der Waals surface area contributed by atoms with E-state index in [9.17, 15) is 22.9 Å². The molecular formula is C26H22ClN3O6S. The minimum absolute atomic E-state index is 0.0210. The number of azo groups is 1. The summed E-state index contributed by atoms with van der Waals surface area (Å²) in [5.41, 5.74) is 0.594. The first-order chi connectivity index (χ1) is 17.6. The minimum Gasteiger partial charge on any atom is -0.505 e. The minimum atomic E-state index is -4.54. The number of hydrogen-bond donors (Lipinski definition) is 3. The lowest BCUT2D eigenvalue weighted by Crippen LogP contribution is -2.13. The van der Waals surface area contributed by atoms with Crippen LogP contribution in [0.1, 0.15) is 22.8 Å². The van der Waals surface area contributed by atoms with Gasteiger partial charge in [-0.1, -0.05) is 54.9 Å². The van der Waals surface area contributed by atoms with Crippen LogP contribution in [-0.2, 0) is 16.5 Å². The van der Waals surface area contributed by atoms with Gasteiger partial charge in [-0.25, -0.2) is 0 Å². The van der Waals surface area contributed by atoms with E-state index in [0.29, 0.717) is 34.2 Å². The predicted molar refractivity (Wildman–Crippen MR) is 141 cm³/mol. The topological polar surface area (TPSA) is 138 Å². The van der Waals surface area contributed by atoms with Crippen molar-refractivity contribution in [2.24, 2.45) is 10.2 Å². The van der Waals surface area contributed by atoms with Gasteiger partial charge in [-0.05, 0) is 47.7 Å². The molecule has 190 valence electrons. The molecule has 0 aromatic heterocycles. The Kier molecular flexibility index (Phi) is 7.44. The molecular weight excluding hydrogens is 518 g/mol. The van der Waals surface area contributed by atoms with Crippen LogP contribution in [0.2, 0.25) is 5.02 Å². The molecule has 9 nitrogen and oxygen atoms in total. The van der Waals surface area contributed by atoms with Crippen LogP contribution in [-0.4, -0.2) is 31.1 Å². The number of aromatic hydroxyl groups is 1. The van der Waals surface area contributed by atoms with E-state index in [1.807, 2.05) is 0 Å². The Morgan fingerprint density at radius 3 is 2.46 bits per heavy atom. The summed E-state index contributed by atoms with van der Waals surface area (Å²) >= 11 is 6.29. The van der Waals surface area contributed by atoms with Crippen molar-refractivity contribution in [3.05, 3.63) is 82.9 Å². The SMILES string of the molecule is CCc1cc(Cl)c(N=Nc2c(O)c(C(=O)Nc3ccccc3OC)cc3ccccc23)cc1S(=O)(=O)O. The maximum absolute atomic E-state index is 13.1. The number of nitrogens with one attached hydrogen (secondary N) is 1. The third kappa shape index (κ3) is 5.41. The van der Waals surface area contributed by atoms with Crippen molar-refractivity contribution >= 4 is 55.5 Å². The number of phenols is 1. The molecule has 4 aromatic carbocycles. The Labute approximate surface area is 218 Å². The predicted octanol–water partition coefficient (Wildman–Crippen LogP) is 6.68. The molecule has 1 amide bonds. The summed E-state index contributed by atoms with van der Waals surface area (Å²) in [7, 11) is -3.06. The van der Waals surface area contributed by atoms with Gasteiger partial charge in [0.2, 0.25) is 0 Å². The van der Waals surface area contributed by atoms with Crippen molar-refractivity contribution in [3.8, 4) is 11.5 Å². The zero-order valence-electron chi connectivity index (χ0n) is 19.8. The molecule has 0 spiro atoms. The summed E-state index contributed by atoms with van der Waals surface area (Å²) in [6, 6.07) is 17.8. The Balaban J connectivity index is 1.82. The highest BCUT2D eigenvalue weighted by molar-refractivity contribution is 7.85. The monoisotopic (exact) mass is 539 g/mol. The summed E-state index contributed by atoms with van der Waals surface area (Å²) in [5, 5.41) is 23.2. The molecule has 0 aliphatic heterocycles. The number of para-hydroxylation sites is 2. The highest BCUT2D eigenvalue weighted by Crippen LogP contribution is 2.41. The second kappa shape index (κ2) is 10.6. The van der Waals surface area contributed by atoms with E-state index in [1.165, 1.54) is 19.2 Å². The Hall–Kier alpha value is -3.99. The third-order valence-corrected chi connectivity index (χ3v) is 6.88. The van der Waals surface area contributed by atoms with Crippen molar-refractivity contribution in [3.63, 3.8) is 0 Å². The van der Waals surface area contributed by atoms with E-state index in [0.717, 1.165) is 6.07 Å². The number of methoxy groups -OCH3 is 1. The number of anilines is 1. The molecule has 0 aliphatic carbocycles. The van der Waals surface area contributed by atoms with Gasteiger partial charge in [0.25, 0.3) is 16.0 Å². The largest absolute Gasteiger partial charge is 0.505 e. The van der Waals surface area contributed by atoms with E-state index < -0.39 is 21.8 Å². The van der Waals surface area contributed by atoms with E-state index in [1.54, 1.807) is 55.5 Å². The quantitative estimate of drug-likeness (QED) is 0.177. The number of fused-ring (bicyclic) bond motifs is 1. The lowest BCUT2D eigenvalue weighted by atomic mass is 10.0. The Morgan fingerprint density at radius 2 is 1.76 bits per heavy atom. The van der Waals surface area contributed by atoms with E-state index in [4.69, 9.17) is 16.3 Å². The number of carbonyl (C=O) groups is 1. The van der Waals surface area contributed by atoms with Gasteiger partial charge in [0, 0.05) is 5.39 Å². The maximum Gasteiger partial charge on any atom is 0.294 e. The number of phenolic OH excluding ortho intramolecular Hbond substituents is 1. The average Bonchev–Trinajstić information content (AvgIpc) is 2.87. The van der Waals surface area contributed by atoms with Crippen LogP contribution in [0.5, 0.6) is 11.5 Å². The molecule has 0 fully saturated rings. The van der Waals surface area contributed by atoms with Crippen molar-refractivity contribution < 1.29 is 27.6 Å². The number of aryl methyl sites for hydroxylation is 1. The summed E-state index contributed by atoms with van der Waals surface area (Å²) in [4.78, 5) is 12.8. The average molecular weight is 540 g/mol.